The lowest BCUT2D eigenvalue weighted by Crippen LogP contribution is -2.16. The van der Waals surface area contributed by atoms with E-state index in [2.05, 4.69) is 12.2 Å². The number of benzene rings is 1. The molecule has 0 fully saturated rings. The number of unbranched alkanes of at least 4 members (excludes halogenated alkanes) is 1. The van der Waals surface area contributed by atoms with Gasteiger partial charge in [-0.05, 0) is 18.6 Å². The van der Waals surface area contributed by atoms with Gasteiger partial charge in [0, 0.05) is 40.5 Å². The highest BCUT2D eigenvalue weighted by molar-refractivity contribution is 7.84. The van der Waals surface area contributed by atoms with Gasteiger partial charge in [-0.15, -0.1) is 0 Å². The Balaban J connectivity index is 2.48. The van der Waals surface area contributed by atoms with Crippen molar-refractivity contribution in [2.24, 2.45) is 0 Å². The van der Waals surface area contributed by atoms with Crippen molar-refractivity contribution in [1.29, 1.82) is 0 Å². The first-order chi connectivity index (χ1) is 9.56. The van der Waals surface area contributed by atoms with Crippen molar-refractivity contribution in [3.8, 4) is 5.75 Å². The Kier molecular flexibility index (Phi) is 7.08. The zero-order chi connectivity index (χ0) is 15.0. The smallest absolute Gasteiger partial charge is 0.225 e. The van der Waals surface area contributed by atoms with E-state index in [4.69, 9.17) is 10.5 Å². The maximum Gasteiger partial charge on any atom is 0.225 e. The highest BCUT2D eigenvalue weighted by Crippen LogP contribution is 2.26. The third-order valence-corrected chi connectivity index (χ3v) is 4.19. The molecule has 0 saturated heterocycles. The summed E-state index contributed by atoms with van der Waals surface area (Å²) in [5.74, 6) is 1.40. The van der Waals surface area contributed by atoms with Crippen molar-refractivity contribution in [3.05, 3.63) is 18.2 Å². The molecular weight excluding hydrogens is 276 g/mol. The van der Waals surface area contributed by atoms with Crippen LogP contribution in [0.4, 0.5) is 11.4 Å². The fraction of sp³-hybridized carbons (Fsp3) is 0.500. The molecule has 1 atom stereocenters. The van der Waals surface area contributed by atoms with Crippen LogP contribution in [0.3, 0.4) is 0 Å². The first-order valence-electron chi connectivity index (χ1n) is 6.65. The Morgan fingerprint density at radius 2 is 2.15 bits per heavy atom. The second-order valence-electron chi connectivity index (χ2n) is 4.46. The number of ether oxygens (including phenoxy) is 1. The normalized spacial score (nSPS) is 11.9. The maximum atomic E-state index is 11.8. The molecule has 1 aromatic rings. The fourth-order valence-electron chi connectivity index (χ4n) is 1.64. The molecule has 0 saturated carbocycles. The van der Waals surface area contributed by atoms with Gasteiger partial charge in [0.2, 0.25) is 5.91 Å². The fourth-order valence-corrected chi connectivity index (χ4v) is 2.87. The Labute approximate surface area is 122 Å². The van der Waals surface area contributed by atoms with Crippen LogP contribution in [0.25, 0.3) is 0 Å². The van der Waals surface area contributed by atoms with Gasteiger partial charge in [0.05, 0.1) is 12.8 Å². The lowest BCUT2D eigenvalue weighted by molar-refractivity contribution is -0.115. The Morgan fingerprint density at radius 1 is 1.40 bits per heavy atom. The van der Waals surface area contributed by atoms with Crippen LogP contribution in [0.1, 0.15) is 26.2 Å². The van der Waals surface area contributed by atoms with Crippen LogP contribution in [0, 0.1) is 0 Å². The Hall–Kier alpha value is -1.56. The van der Waals surface area contributed by atoms with Crippen LogP contribution >= 0.6 is 0 Å². The SMILES string of the molecule is CCCCS(=O)CCC(=O)Nc1ccc(N)cc1OC. The summed E-state index contributed by atoms with van der Waals surface area (Å²) in [5, 5.41) is 2.75. The van der Waals surface area contributed by atoms with Crippen LogP contribution in [-0.2, 0) is 15.6 Å². The molecule has 1 rings (SSSR count). The summed E-state index contributed by atoms with van der Waals surface area (Å²) in [7, 11) is 0.597. The number of amides is 1. The minimum absolute atomic E-state index is 0.169. The van der Waals surface area contributed by atoms with E-state index in [1.807, 2.05) is 0 Å². The maximum absolute atomic E-state index is 11.8. The van der Waals surface area contributed by atoms with Gasteiger partial charge in [-0.2, -0.15) is 0 Å². The number of carbonyl (C=O) groups excluding carboxylic acids is 1. The molecule has 20 heavy (non-hydrogen) atoms. The van der Waals surface area contributed by atoms with Gasteiger partial charge in [0.25, 0.3) is 0 Å². The van der Waals surface area contributed by atoms with E-state index in [-0.39, 0.29) is 12.3 Å². The quantitative estimate of drug-likeness (QED) is 0.721. The zero-order valence-corrected chi connectivity index (χ0v) is 12.8. The molecule has 0 radical (unpaired) electrons. The van der Waals surface area contributed by atoms with Crippen LogP contribution in [0.5, 0.6) is 5.75 Å². The van der Waals surface area contributed by atoms with E-state index in [1.165, 1.54) is 7.11 Å². The third kappa shape index (κ3) is 5.61. The van der Waals surface area contributed by atoms with Gasteiger partial charge >= 0.3 is 0 Å². The molecule has 0 aliphatic rings. The standard InChI is InChI=1S/C14H22N2O3S/c1-3-4-8-20(18)9-7-14(17)16-12-6-5-11(15)10-13(12)19-2/h5-6,10H,3-4,7-9,15H2,1-2H3,(H,16,17). The first kappa shape index (κ1) is 16.5. The molecular formula is C14H22N2O3S. The number of anilines is 2. The number of hydrogen-bond donors (Lipinski definition) is 2. The lowest BCUT2D eigenvalue weighted by atomic mass is 10.2. The van der Waals surface area contributed by atoms with Crippen molar-refractivity contribution in [2.45, 2.75) is 26.2 Å². The number of hydrogen-bond acceptors (Lipinski definition) is 4. The van der Waals surface area contributed by atoms with Gasteiger partial charge < -0.3 is 15.8 Å². The molecule has 5 nitrogen and oxygen atoms in total. The first-order valence-corrected chi connectivity index (χ1v) is 8.14. The molecule has 1 unspecified atom stereocenters. The van der Waals surface area contributed by atoms with E-state index in [0.717, 1.165) is 12.8 Å². The Bertz CT molecular complexity index is 477. The van der Waals surface area contributed by atoms with Gasteiger partial charge in [0.15, 0.2) is 0 Å². The second-order valence-corrected chi connectivity index (χ2v) is 6.16. The Morgan fingerprint density at radius 3 is 2.80 bits per heavy atom. The second kappa shape index (κ2) is 8.58. The van der Waals surface area contributed by atoms with Crippen LogP contribution in [-0.4, -0.2) is 28.7 Å². The summed E-state index contributed by atoms with van der Waals surface area (Å²) in [6.07, 6.45) is 2.18. The summed E-state index contributed by atoms with van der Waals surface area (Å²) in [6.45, 7) is 2.05. The molecule has 0 aliphatic carbocycles. The summed E-state index contributed by atoms with van der Waals surface area (Å²) in [4.78, 5) is 11.8. The predicted octanol–water partition coefficient (Wildman–Crippen LogP) is 2.15. The summed E-state index contributed by atoms with van der Waals surface area (Å²) in [5.41, 5.74) is 6.79. The van der Waals surface area contributed by atoms with Crippen LogP contribution in [0.2, 0.25) is 0 Å². The van der Waals surface area contributed by atoms with Crippen molar-refractivity contribution in [3.63, 3.8) is 0 Å². The average molecular weight is 298 g/mol. The predicted molar refractivity (Wildman–Crippen MR) is 83.4 cm³/mol. The number of rotatable bonds is 8. The number of methoxy groups -OCH3 is 1. The van der Waals surface area contributed by atoms with E-state index in [1.54, 1.807) is 18.2 Å². The summed E-state index contributed by atoms with van der Waals surface area (Å²) < 4.78 is 16.8. The number of nitrogens with two attached hydrogens (primary N) is 1. The molecule has 0 bridgehead atoms. The molecule has 0 heterocycles. The largest absolute Gasteiger partial charge is 0.494 e. The topological polar surface area (TPSA) is 81.4 Å². The van der Waals surface area contributed by atoms with Gasteiger partial charge in [-0.3, -0.25) is 9.00 Å². The van der Waals surface area contributed by atoms with Crippen molar-refractivity contribution in [1.82, 2.24) is 0 Å². The van der Waals surface area contributed by atoms with E-state index in [0.29, 0.717) is 28.6 Å². The van der Waals surface area contributed by atoms with E-state index < -0.39 is 10.8 Å². The molecule has 1 amide bonds. The minimum atomic E-state index is -0.921. The molecule has 0 aliphatic heterocycles. The molecule has 6 heteroatoms. The van der Waals surface area contributed by atoms with Gasteiger partial charge in [0.1, 0.15) is 5.75 Å². The molecule has 112 valence electrons. The van der Waals surface area contributed by atoms with Gasteiger partial charge in [-0.25, -0.2) is 0 Å². The van der Waals surface area contributed by atoms with Gasteiger partial charge in [-0.1, -0.05) is 13.3 Å². The minimum Gasteiger partial charge on any atom is -0.494 e. The highest BCUT2D eigenvalue weighted by atomic mass is 32.2. The highest BCUT2D eigenvalue weighted by Gasteiger charge is 2.09. The molecule has 0 spiro atoms. The average Bonchev–Trinajstić information content (AvgIpc) is 2.44. The van der Waals surface area contributed by atoms with Crippen molar-refractivity contribution in [2.75, 3.05) is 29.7 Å². The summed E-state index contributed by atoms with van der Waals surface area (Å²) >= 11 is 0. The zero-order valence-electron chi connectivity index (χ0n) is 12.0. The van der Waals surface area contributed by atoms with E-state index in [9.17, 15) is 9.00 Å². The van der Waals surface area contributed by atoms with Crippen LogP contribution < -0.4 is 15.8 Å². The molecule has 1 aromatic carbocycles. The van der Waals surface area contributed by atoms with E-state index >= 15 is 0 Å². The number of carbonyl (C=O) groups is 1. The molecule has 0 aromatic heterocycles. The monoisotopic (exact) mass is 298 g/mol. The number of nitrogen functional groups attached to an aromatic ring is 1. The van der Waals surface area contributed by atoms with Crippen molar-refractivity contribution >= 4 is 28.1 Å². The van der Waals surface area contributed by atoms with Crippen LogP contribution in [0.15, 0.2) is 18.2 Å². The molecule has 3 N–H and O–H groups in total. The van der Waals surface area contributed by atoms with Crippen molar-refractivity contribution < 1.29 is 13.7 Å². The lowest BCUT2D eigenvalue weighted by Gasteiger charge is -2.10. The third-order valence-electron chi connectivity index (χ3n) is 2.78. The summed E-state index contributed by atoms with van der Waals surface area (Å²) in [6, 6.07) is 5.03. The number of nitrogens with one attached hydrogen (secondary N) is 1.